The first-order valence-corrected chi connectivity index (χ1v) is 22.0. The third-order valence-corrected chi connectivity index (χ3v) is 15.6. The van der Waals surface area contributed by atoms with Gasteiger partial charge in [-0.25, -0.2) is 8.42 Å². The molecule has 10 heteroatoms. The molecule has 0 N–H and O–H groups in total. The molecule has 0 aliphatic rings. The van der Waals surface area contributed by atoms with E-state index in [2.05, 4.69) is 45.8 Å². The van der Waals surface area contributed by atoms with Gasteiger partial charge in [0.25, 0.3) is 0 Å². The summed E-state index contributed by atoms with van der Waals surface area (Å²) in [6, 6.07) is 17.5. The number of hydrogen-bond donors (Lipinski definition) is 0. The Hall–Kier alpha value is -2.01. The van der Waals surface area contributed by atoms with E-state index in [9.17, 15) is 13.7 Å². The Bertz CT molecular complexity index is 1110. The first-order chi connectivity index (χ1) is 15.6. The van der Waals surface area contributed by atoms with Crippen molar-refractivity contribution in [2.45, 2.75) is 56.8 Å². The van der Waals surface area contributed by atoms with Crippen LogP contribution in [0.3, 0.4) is 0 Å². The fourth-order valence-corrected chi connectivity index (χ4v) is 16.9. The second-order valence-electron chi connectivity index (χ2n) is 10.2. The molecule has 0 bridgehead atoms. The smallest absolute Gasteiger partial charge is 0.317 e. The lowest BCUT2D eigenvalue weighted by Gasteiger charge is -2.38. The molecule has 0 aromatic heterocycles. The second-order valence-corrected chi connectivity index (χ2v) is 24.9. The molecule has 0 radical (unpaired) electrons. The predicted molar refractivity (Wildman–Crippen MR) is 144 cm³/mol. The number of ether oxygens (including phenoxy) is 1. The van der Waals surface area contributed by atoms with Crippen LogP contribution in [0.5, 0.6) is 5.75 Å². The molecule has 34 heavy (non-hydrogen) atoms. The molecule has 0 unspecified atom stereocenters. The molecule has 2 aromatic rings. The lowest BCUT2D eigenvalue weighted by Crippen LogP contribution is -2.53. The minimum atomic E-state index is -3.87. The molecular weight excluding hydrogens is 499 g/mol. The summed E-state index contributed by atoms with van der Waals surface area (Å²) in [6.07, 6.45) is 1.37. The third-order valence-electron chi connectivity index (χ3n) is 4.50. The average Bonchev–Trinajstić information content (AvgIpc) is 2.70. The summed E-state index contributed by atoms with van der Waals surface area (Å²) in [5.41, 5.74) is 0.603. The molecule has 0 aliphatic carbocycles. The number of sulfone groups is 1. The Balaban J connectivity index is 2.10. The van der Waals surface area contributed by atoms with Gasteiger partial charge in [0.1, 0.15) is 16.7 Å². The van der Waals surface area contributed by atoms with Crippen molar-refractivity contribution in [3.05, 3.63) is 65.1 Å². The molecule has 0 atom stereocenters. The number of hydrogen-bond acceptors (Lipinski definition) is 6. The van der Waals surface area contributed by atoms with Crippen molar-refractivity contribution in [1.29, 1.82) is 5.26 Å². The lowest BCUT2D eigenvalue weighted by atomic mass is 10.2. The Morgan fingerprint density at radius 3 is 1.88 bits per heavy atom. The summed E-state index contributed by atoms with van der Waals surface area (Å²) in [6.45, 7) is 15.6. The van der Waals surface area contributed by atoms with Gasteiger partial charge in [0.2, 0.25) is 9.84 Å². The number of nitriles is 1. The molecule has 184 valence electrons. The van der Waals surface area contributed by atoms with E-state index in [1.807, 2.05) is 6.07 Å². The highest BCUT2D eigenvalue weighted by Crippen LogP contribution is 2.25. The van der Waals surface area contributed by atoms with Gasteiger partial charge in [-0.1, -0.05) is 30.3 Å². The molecular formula is C24H35NO5SSi3. The average molecular weight is 534 g/mol. The normalized spacial score (nSPS) is 13.4. The SMILES string of the molecule is C[Si](C)(C)O[Si](C)(CCOc1ccc(C=C(C#N)S(=O)(=O)c2ccccc2)cc1)O[Si](C)(C)C. The monoisotopic (exact) mass is 533 g/mol. The summed E-state index contributed by atoms with van der Waals surface area (Å²) < 4.78 is 44.4. The minimum absolute atomic E-state index is 0.0936. The van der Waals surface area contributed by atoms with Crippen LogP contribution in [-0.2, 0) is 18.1 Å². The zero-order valence-electron chi connectivity index (χ0n) is 21.1. The maximum Gasteiger partial charge on any atom is 0.317 e. The van der Waals surface area contributed by atoms with Gasteiger partial charge >= 0.3 is 8.56 Å². The molecule has 0 heterocycles. The molecule has 0 amide bonds. The van der Waals surface area contributed by atoms with Crippen molar-refractivity contribution in [2.75, 3.05) is 6.61 Å². The number of nitrogens with zero attached hydrogens (tertiary/aromatic N) is 1. The third kappa shape index (κ3) is 8.98. The van der Waals surface area contributed by atoms with Crippen molar-refractivity contribution >= 4 is 41.1 Å². The number of rotatable bonds is 11. The first-order valence-electron chi connectivity index (χ1n) is 11.2. The summed E-state index contributed by atoms with van der Waals surface area (Å²) in [5.74, 6) is 0.666. The molecule has 0 saturated carbocycles. The van der Waals surface area contributed by atoms with Crippen LogP contribution in [0.2, 0.25) is 51.9 Å². The fourth-order valence-electron chi connectivity index (χ4n) is 3.48. The van der Waals surface area contributed by atoms with Gasteiger partial charge in [-0.3, -0.25) is 0 Å². The van der Waals surface area contributed by atoms with Gasteiger partial charge in [-0.2, -0.15) is 5.26 Å². The second kappa shape index (κ2) is 11.2. The molecule has 2 aromatic carbocycles. The largest absolute Gasteiger partial charge is 0.494 e. The van der Waals surface area contributed by atoms with E-state index < -0.39 is 35.0 Å². The van der Waals surface area contributed by atoms with Crippen LogP contribution in [0, 0.1) is 11.3 Å². The van der Waals surface area contributed by atoms with Crippen LogP contribution in [0.4, 0.5) is 0 Å². The van der Waals surface area contributed by atoms with Crippen LogP contribution in [-0.4, -0.2) is 40.2 Å². The topological polar surface area (TPSA) is 85.6 Å². The van der Waals surface area contributed by atoms with E-state index in [-0.39, 0.29) is 9.80 Å². The van der Waals surface area contributed by atoms with E-state index in [1.165, 1.54) is 18.2 Å². The Morgan fingerprint density at radius 2 is 1.41 bits per heavy atom. The maximum atomic E-state index is 12.7. The molecule has 0 saturated heterocycles. The summed E-state index contributed by atoms with van der Waals surface area (Å²) in [5, 5.41) is 9.46. The minimum Gasteiger partial charge on any atom is -0.494 e. The highest BCUT2D eigenvalue weighted by atomic mass is 32.2. The van der Waals surface area contributed by atoms with Gasteiger partial charge in [-0.15, -0.1) is 0 Å². The van der Waals surface area contributed by atoms with Crippen molar-refractivity contribution in [3.63, 3.8) is 0 Å². The Kier molecular flexibility index (Phi) is 9.26. The van der Waals surface area contributed by atoms with Crippen LogP contribution >= 0.6 is 0 Å². The Morgan fingerprint density at radius 1 is 0.882 bits per heavy atom. The molecule has 2 rings (SSSR count). The zero-order valence-corrected chi connectivity index (χ0v) is 24.9. The van der Waals surface area contributed by atoms with Crippen LogP contribution < -0.4 is 4.74 Å². The number of benzene rings is 2. The summed E-state index contributed by atoms with van der Waals surface area (Å²) in [7, 11) is -9.78. The van der Waals surface area contributed by atoms with Crippen LogP contribution in [0.25, 0.3) is 6.08 Å². The van der Waals surface area contributed by atoms with E-state index in [4.69, 9.17) is 13.0 Å². The van der Waals surface area contributed by atoms with Gasteiger partial charge in [-0.05, 0) is 81.7 Å². The summed E-state index contributed by atoms with van der Waals surface area (Å²) in [4.78, 5) is -0.211. The maximum absolute atomic E-state index is 12.7. The zero-order chi connectivity index (χ0) is 25.6. The van der Waals surface area contributed by atoms with E-state index in [0.717, 1.165) is 6.04 Å². The highest BCUT2D eigenvalue weighted by Gasteiger charge is 2.40. The van der Waals surface area contributed by atoms with Gasteiger partial charge in [0.05, 0.1) is 11.5 Å². The first kappa shape index (κ1) is 28.2. The fraction of sp³-hybridized carbons (Fsp3) is 0.375. The van der Waals surface area contributed by atoms with Gasteiger partial charge in [0, 0.05) is 6.04 Å². The highest BCUT2D eigenvalue weighted by molar-refractivity contribution is 7.95. The van der Waals surface area contributed by atoms with Crippen molar-refractivity contribution in [3.8, 4) is 11.8 Å². The molecule has 6 nitrogen and oxygen atoms in total. The van der Waals surface area contributed by atoms with Crippen LogP contribution in [0.15, 0.2) is 64.4 Å². The Labute approximate surface area is 207 Å². The quantitative estimate of drug-likeness (QED) is 0.253. The summed E-state index contributed by atoms with van der Waals surface area (Å²) >= 11 is 0. The van der Waals surface area contributed by atoms with Gasteiger partial charge < -0.3 is 13.0 Å². The predicted octanol–water partition coefficient (Wildman–Crippen LogP) is 6.18. The molecule has 0 spiro atoms. The molecule has 0 aliphatic heterocycles. The van der Waals surface area contributed by atoms with Gasteiger partial charge in [0.15, 0.2) is 16.6 Å². The van der Waals surface area contributed by atoms with Crippen molar-refractivity contribution in [1.82, 2.24) is 0 Å². The van der Waals surface area contributed by atoms with Crippen molar-refractivity contribution in [2.24, 2.45) is 0 Å². The van der Waals surface area contributed by atoms with Crippen molar-refractivity contribution < 1.29 is 21.4 Å². The lowest BCUT2D eigenvalue weighted by molar-refractivity contribution is 0.310. The number of allylic oxidation sites excluding steroid dienone is 1. The van der Waals surface area contributed by atoms with E-state index in [1.54, 1.807) is 42.5 Å². The van der Waals surface area contributed by atoms with E-state index in [0.29, 0.717) is 17.9 Å². The molecule has 0 fully saturated rings. The standard InChI is InChI=1S/C24H35NO5SSi3/c1-32(2,3)29-34(7,30-33(4,5)6)18-17-28-22-15-13-21(14-16-22)19-24(20-25)31(26,27)23-11-9-8-10-12-23/h8-16,19H,17-18H2,1-7H3. The van der Waals surface area contributed by atoms with E-state index >= 15 is 0 Å². The van der Waals surface area contributed by atoms with Crippen LogP contribution in [0.1, 0.15) is 5.56 Å².